The molecule has 6 nitrogen and oxygen atoms in total. The molecule has 28 heavy (non-hydrogen) atoms. The normalized spacial score (nSPS) is 12.4. The van der Waals surface area contributed by atoms with Gasteiger partial charge in [0.25, 0.3) is 0 Å². The van der Waals surface area contributed by atoms with E-state index in [1.54, 1.807) is 0 Å². The average Bonchev–Trinajstić information content (AvgIpc) is 2.60. The molecule has 0 fully saturated rings. The molecule has 0 radical (unpaired) electrons. The number of ether oxygens (including phenoxy) is 2. The van der Waals surface area contributed by atoms with E-state index < -0.39 is 22.0 Å². The van der Waals surface area contributed by atoms with Crippen LogP contribution in [0.1, 0.15) is 57.4 Å². The van der Waals surface area contributed by atoms with E-state index in [0.29, 0.717) is 0 Å². The minimum absolute atomic E-state index is 0. The first kappa shape index (κ1) is 27.8. The predicted molar refractivity (Wildman–Crippen MR) is 105 cm³/mol. The first-order valence-corrected chi connectivity index (χ1v) is 11.4. The zero-order chi connectivity index (χ0) is 20.0. The minimum atomic E-state index is -4.44. The smallest absolute Gasteiger partial charge is 0.748 e. The summed E-state index contributed by atoms with van der Waals surface area (Å²) in [6.07, 6.45) is 8.89. The number of rotatable bonds is 16. The van der Waals surface area contributed by atoms with Gasteiger partial charge in [0, 0.05) is 0 Å². The molecule has 0 aliphatic carbocycles. The zero-order valence-electron chi connectivity index (χ0n) is 17.3. The molecule has 1 N–H and O–H groups in total. The van der Waals surface area contributed by atoms with Crippen LogP contribution < -0.4 is 34.3 Å². The Labute approximate surface area is 192 Å². The average molecular weight is 425 g/mol. The van der Waals surface area contributed by atoms with E-state index in [4.69, 9.17) is 9.47 Å². The second-order valence-electron chi connectivity index (χ2n) is 6.82. The van der Waals surface area contributed by atoms with Crippen LogP contribution >= 0.6 is 0 Å². The van der Waals surface area contributed by atoms with Crippen molar-refractivity contribution in [2.24, 2.45) is 0 Å². The van der Waals surface area contributed by atoms with Crippen LogP contribution in [0.25, 0.3) is 0 Å². The Hall–Kier alpha value is -0.150. The maximum Gasteiger partial charge on any atom is 1.00 e. The molecule has 1 rings (SSSR count). The van der Waals surface area contributed by atoms with Crippen molar-refractivity contribution in [1.82, 2.24) is 0 Å². The number of hydrogen-bond acceptors (Lipinski definition) is 6. The van der Waals surface area contributed by atoms with E-state index in [9.17, 15) is 18.1 Å². The maximum atomic E-state index is 10.5. The van der Waals surface area contributed by atoms with Crippen molar-refractivity contribution < 1.29 is 57.1 Å². The van der Waals surface area contributed by atoms with Gasteiger partial charge >= 0.3 is 29.6 Å². The molecule has 1 atom stereocenters. The molecule has 1 aromatic rings. The first-order chi connectivity index (χ1) is 12.9. The van der Waals surface area contributed by atoms with E-state index in [-0.39, 0.29) is 49.4 Å². The van der Waals surface area contributed by atoms with Crippen molar-refractivity contribution in [2.75, 3.05) is 25.6 Å². The number of hydrogen-bond donors (Lipinski definition) is 1. The fourth-order valence-corrected chi connectivity index (χ4v) is 3.33. The number of unbranched alkanes of at least 4 members (excludes halogenated alkanes) is 6. The van der Waals surface area contributed by atoms with E-state index in [2.05, 4.69) is 19.1 Å². The van der Waals surface area contributed by atoms with Crippen LogP contribution in [0.4, 0.5) is 0 Å². The van der Waals surface area contributed by atoms with Crippen LogP contribution in [0.3, 0.4) is 0 Å². The molecule has 1 unspecified atom stereocenters. The van der Waals surface area contributed by atoms with Crippen LogP contribution in [0, 0.1) is 0 Å². The van der Waals surface area contributed by atoms with Gasteiger partial charge in [0.1, 0.15) is 12.4 Å². The van der Waals surface area contributed by atoms with Crippen LogP contribution in [-0.4, -0.2) is 49.8 Å². The summed E-state index contributed by atoms with van der Waals surface area (Å²) in [4.78, 5) is 0. The van der Waals surface area contributed by atoms with E-state index >= 15 is 0 Å². The third-order valence-electron chi connectivity index (χ3n) is 4.20. The number of aliphatic hydroxyl groups excluding tert-OH is 1. The van der Waals surface area contributed by atoms with E-state index in [1.165, 1.54) is 50.5 Å². The zero-order valence-corrected chi connectivity index (χ0v) is 20.1. The van der Waals surface area contributed by atoms with Gasteiger partial charge in [0.2, 0.25) is 0 Å². The van der Waals surface area contributed by atoms with Gasteiger partial charge < -0.3 is 19.1 Å². The Morgan fingerprint density at radius 3 is 2.21 bits per heavy atom. The molecule has 0 spiro atoms. The number of benzene rings is 1. The Kier molecular flexibility index (Phi) is 16.5. The molecular weight excluding hydrogens is 391 g/mol. The van der Waals surface area contributed by atoms with Crippen molar-refractivity contribution >= 4 is 10.1 Å². The van der Waals surface area contributed by atoms with Crippen LogP contribution in [0.2, 0.25) is 0 Å². The molecule has 0 aromatic heterocycles. The van der Waals surface area contributed by atoms with Crippen LogP contribution in [-0.2, 0) is 21.3 Å². The van der Waals surface area contributed by atoms with Gasteiger partial charge in [-0.05, 0) is 30.5 Å². The second kappa shape index (κ2) is 16.6. The SMILES string of the molecule is CCCCCCCCCc1ccc(OCCOCC(O)CS(=O)(=O)[O-])cc1.[Na+]. The summed E-state index contributed by atoms with van der Waals surface area (Å²) in [6.45, 7) is 2.52. The molecule has 0 aliphatic rings. The van der Waals surface area contributed by atoms with Crippen molar-refractivity contribution in [3.63, 3.8) is 0 Å². The summed E-state index contributed by atoms with van der Waals surface area (Å²) in [5, 5.41) is 9.33. The second-order valence-corrected chi connectivity index (χ2v) is 8.27. The van der Waals surface area contributed by atoms with E-state index in [1.807, 2.05) is 12.1 Å². The van der Waals surface area contributed by atoms with Gasteiger partial charge in [-0.1, -0.05) is 57.6 Å². The molecule has 8 heteroatoms. The van der Waals surface area contributed by atoms with Gasteiger partial charge in [-0.25, -0.2) is 8.42 Å². The summed E-state index contributed by atoms with van der Waals surface area (Å²) in [5.41, 5.74) is 1.30. The number of aryl methyl sites for hydroxylation is 1. The Balaban J connectivity index is 0.00000729. The van der Waals surface area contributed by atoms with Crippen molar-refractivity contribution in [3.8, 4) is 5.75 Å². The Morgan fingerprint density at radius 2 is 1.61 bits per heavy atom. The minimum Gasteiger partial charge on any atom is -0.748 e. The van der Waals surface area contributed by atoms with Crippen molar-refractivity contribution in [2.45, 2.75) is 64.4 Å². The summed E-state index contributed by atoms with van der Waals surface area (Å²) in [5.74, 6) is -0.0989. The van der Waals surface area contributed by atoms with Gasteiger partial charge in [-0.3, -0.25) is 0 Å². The molecule has 156 valence electrons. The fraction of sp³-hybridized carbons (Fsp3) is 0.700. The first-order valence-electron chi connectivity index (χ1n) is 9.82. The van der Waals surface area contributed by atoms with Crippen molar-refractivity contribution in [3.05, 3.63) is 29.8 Å². The molecule has 0 heterocycles. The predicted octanol–water partition coefficient (Wildman–Crippen LogP) is 0.285. The van der Waals surface area contributed by atoms with E-state index in [0.717, 1.165) is 12.2 Å². The quantitative estimate of drug-likeness (QED) is 0.233. The van der Waals surface area contributed by atoms with Crippen LogP contribution in [0.5, 0.6) is 5.75 Å². The summed E-state index contributed by atoms with van der Waals surface area (Å²) < 4.78 is 42.1. The fourth-order valence-electron chi connectivity index (χ4n) is 2.76. The standard InChI is InChI=1S/C20H34O6S.Na/c1-2-3-4-5-6-7-8-9-18-10-12-20(13-11-18)26-15-14-25-16-19(21)17-27(22,23)24;/h10-13,19,21H,2-9,14-17H2,1H3,(H,22,23,24);/q;+1/p-1. The van der Waals surface area contributed by atoms with Gasteiger partial charge in [0.05, 0.1) is 35.2 Å². The third kappa shape index (κ3) is 15.7. The monoisotopic (exact) mass is 424 g/mol. The third-order valence-corrected chi connectivity index (χ3v) is 4.99. The summed E-state index contributed by atoms with van der Waals surface area (Å²) in [7, 11) is -4.44. The molecule has 1 aromatic carbocycles. The van der Waals surface area contributed by atoms with Crippen LogP contribution in [0.15, 0.2) is 24.3 Å². The largest absolute Gasteiger partial charge is 1.00 e. The Morgan fingerprint density at radius 1 is 1.00 bits per heavy atom. The Bertz CT molecular complexity index is 591. The molecule has 0 aliphatic heterocycles. The van der Waals surface area contributed by atoms with Gasteiger partial charge in [0.15, 0.2) is 0 Å². The molecule has 0 saturated carbocycles. The maximum absolute atomic E-state index is 10.5. The molecule has 0 saturated heterocycles. The summed E-state index contributed by atoms with van der Waals surface area (Å²) in [6, 6.07) is 7.98. The molecule has 0 amide bonds. The van der Waals surface area contributed by atoms with Gasteiger partial charge in [-0.2, -0.15) is 0 Å². The summed E-state index contributed by atoms with van der Waals surface area (Å²) >= 11 is 0. The van der Waals surface area contributed by atoms with Crippen molar-refractivity contribution in [1.29, 1.82) is 0 Å². The molecular formula is C20H33NaO6S. The van der Waals surface area contributed by atoms with Gasteiger partial charge in [-0.15, -0.1) is 0 Å². The topological polar surface area (TPSA) is 95.9 Å². The number of aliphatic hydroxyl groups is 1. The molecule has 0 bridgehead atoms.